The van der Waals surface area contributed by atoms with Crippen molar-refractivity contribution in [2.24, 2.45) is 5.73 Å². The zero-order valence-electron chi connectivity index (χ0n) is 11.1. The Labute approximate surface area is 118 Å². The van der Waals surface area contributed by atoms with Gasteiger partial charge in [-0.3, -0.25) is 0 Å². The van der Waals surface area contributed by atoms with E-state index in [0.717, 1.165) is 28.3 Å². The summed E-state index contributed by atoms with van der Waals surface area (Å²) in [6.45, 7) is 3.91. The van der Waals surface area contributed by atoms with Crippen molar-refractivity contribution < 1.29 is 4.74 Å². The normalized spacial score (nSPS) is 12.2. The molecule has 0 aliphatic heterocycles. The van der Waals surface area contributed by atoms with E-state index in [2.05, 4.69) is 4.98 Å². The first-order valence-corrected chi connectivity index (χ1v) is 6.57. The molecule has 0 fully saturated rings. The van der Waals surface area contributed by atoms with Gasteiger partial charge in [0.15, 0.2) is 0 Å². The van der Waals surface area contributed by atoms with E-state index < -0.39 is 0 Å². The maximum atomic E-state index is 5.97. The molecule has 1 aromatic carbocycles. The predicted octanol–water partition coefficient (Wildman–Crippen LogP) is 3.73. The maximum Gasteiger partial charge on any atom is 0.219 e. The molecule has 100 valence electrons. The number of aromatic nitrogens is 1. The molecule has 2 N–H and O–H groups in total. The third kappa shape index (κ3) is 3.94. The van der Waals surface area contributed by atoms with Crippen LogP contribution in [0.4, 0.5) is 0 Å². The van der Waals surface area contributed by atoms with Gasteiger partial charge in [0.05, 0.1) is 0 Å². The predicted molar refractivity (Wildman–Crippen MR) is 77.9 cm³/mol. The fourth-order valence-electron chi connectivity index (χ4n) is 1.77. The van der Waals surface area contributed by atoms with E-state index in [0.29, 0.717) is 5.88 Å². The van der Waals surface area contributed by atoms with Crippen molar-refractivity contribution >= 4 is 11.6 Å². The molecule has 19 heavy (non-hydrogen) atoms. The van der Waals surface area contributed by atoms with E-state index in [1.165, 1.54) is 0 Å². The van der Waals surface area contributed by atoms with Crippen LogP contribution in [0, 0.1) is 6.92 Å². The molecular weight excluding hydrogens is 260 g/mol. The molecule has 3 nitrogen and oxygen atoms in total. The first-order chi connectivity index (χ1) is 9.04. The van der Waals surface area contributed by atoms with Crippen LogP contribution in [0.3, 0.4) is 0 Å². The fourth-order valence-corrected chi connectivity index (χ4v) is 1.88. The molecule has 0 aliphatic carbocycles. The first-order valence-electron chi connectivity index (χ1n) is 6.19. The van der Waals surface area contributed by atoms with Gasteiger partial charge in [-0.05, 0) is 49.6 Å². The summed E-state index contributed by atoms with van der Waals surface area (Å²) in [7, 11) is 0. The van der Waals surface area contributed by atoms with Gasteiger partial charge in [0.2, 0.25) is 5.88 Å². The van der Waals surface area contributed by atoms with Crippen LogP contribution in [0.5, 0.6) is 11.6 Å². The topological polar surface area (TPSA) is 48.1 Å². The molecule has 1 heterocycles. The summed E-state index contributed by atoms with van der Waals surface area (Å²) in [5.41, 5.74) is 7.83. The van der Waals surface area contributed by atoms with E-state index in [1.54, 1.807) is 6.20 Å². The fraction of sp³-hybridized carbons (Fsp3) is 0.267. The highest BCUT2D eigenvalue weighted by Crippen LogP contribution is 2.24. The molecule has 2 aromatic rings. The molecule has 1 atom stereocenters. The molecule has 1 aromatic heterocycles. The third-order valence-corrected chi connectivity index (χ3v) is 3.13. The Kier molecular flexibility index (Phi) is 4.40. The van der Waals surface area contributed by atoms with Crippen LogP contribution in [0.1, 0.15) is 18.1 Å². The van der Waals surface area contributed by atoms with Gasteiger partial charge in [0.1, 0.15) is 5.75 Å². The van der Waals surface area contributed by atoms with Gasteiger partial charge < -0.3 is 10.5 Å². The Morgan fingerprint density at radius 3 is 2.68 bits per heavy atom. The second-order valence-electron chi connectivity index (χ2n) is 4.70. The van der Waals surface area contributed by atoms with Crippen molar-refractivity contribution in [3.05, 3.63) is 52.7 Å². The summed E-state index contributed by atoms with van der Waals surface area (Å²) in [5, 5.41) is 0.729. The smallest absolute Gasteiger partial charge is 0.219 e. The van der Waals surface area contributed by atoms with Gasteiger partial charge in [-0.1, -0.05) is 17.7 Å². The number of hydrogen-bond donors (Lipinski definition) is 1. The van der Waals surface area contributed by atoms with Crippen molar-refractivity contribution in [2.75, 3.05) is 0 Å². The number of nitrogens with zero attached hydrogens (tertiary/aromatic N) is 1. The van der Waals surface area contributed by atoms with E-state index in [-0.39, 0.29) is 6.04 Å². The van der Waals surface area contributed by atoms with Crippen molar-refractivity contribution in [2.45, 2.75) is 26.3 Å². The molecular formula is C15H17ClN2O. The number of pyridine rings is 1. The lowest BCUT2D eigenvalue weighted by Gasteiger charge is -2.08. The number of benzene rings is 1. The largest absolute Gasteiger partial charge is 0.439 e. The summed E-state index contributed by atoms with van der Waals surface area (Å²) in [6.07, 6.45) is 2.61. The summed E-state index contributed by atoms with van der Waals surface area (Å²) in [4.78, 5) is 4.27. The molecule has 0 saturated carbocycles. The van der Waals surface area contributed by atoms with E-state index in [4.69, 9.17) is 22.1 Å². The molecule has 2 rings (SSSR count). The van der Waals surface area contributed by atoms with E-state index in [1.807, 2.05) is 44.2 Å². The second-order valence-corrected chi connectivity index (χ2v) is 5.11. The minimum atomic E-state index is 0.132. The number of halogens is 1. The molecule has 0 spiro atoms. The lowest BCUT2D eigenvalue weighted by molar-refractivity contribution is 0.462. The van der Waals surface area contributed by atoms with Crippen LogP contribution in [0.2, 0.25) is 5.02 Å². The van der Waals surface area contributed by atoms with E-state index >= 15 is 0 Å². The number of hydrogen-bond acceptors (Lipinski definition) is 3. The minimum Gasteiger partial charge on any atom is -0.439 e. The molecule has 1 unspecified atom stereocenters. The number of ether oxygens (including phenoxy) is 1. The zero-order valence-corrected chi connectivity index (χ0v) is 11.8. The quantitative estimate of drug-likeness (QED) is 0.926. The van der Waals surface area contributed by atoms with Crippen molar-refractivity contribution in [3.63, 3.8) is 0 Å². The zero-order chi connectivity index (χ0) is 13.8. The SMILES string of the molecule is Cc1cc(Oc2ccc(CC(C)N)cn2)ccc1Cl. The Bertz CT molecular complexity index is 553. The Hall–Kier alpha value is -1.58. The lowest BCUT2D eigenvalue weighted by atomic mass is 10.1. The average molecular weight is 277 g/mol. The van der Waals surface area contributed by atoms with Gasteiger partial charge in [-0.2, -0.15) is 0 Å². The Morgan fingerprint density at radius 2 is 2.11 bits per heavy atom. The highest BCUT2D eigenvalue weighted by atomic mass is 35.5. The minimum absolute atomic E-state index is 0.132. The van der Waals surface area contributed by atoms with Crippen LogP contribution < -0.4 is 10.5 Å². The molecule has 0 aliphatic rings. The lowest BCUT2D eigenvalue weighted by Crippen LogP contribution is -2.17. The van der Waals surface area contributed by atoms with Gasteiger partial charge in [0, 0.05) is 23.3 Å². The van der Waals surface area contributed by atoms with Gasteiger partial charge in [0.25, 0.3) is 0 Å². The van der Waals surface area contributed by atoms with Crippen LogP contribution in [-0.4, -0.2) is 11.0 Å². The first kappa shape index (κ1) is 13.8. The van der Waals surface area contributed by atoms with Crippen LogP contribution in [0.15, 0.2) is 36.5 Å². The summed E-state index contributed by atoms with van der Waals surface area (Å²) in [6, 6.07) is 9.49. The summed E-state index contributed by atoms with van der Waals surface area (Å²) in [5.74, 6) is 1.30. The third-order valence-electron chi connectivity index (χ3n) is 2.71. The maximum absolute atomic E-state index is 5.97. The standard InChI is InChI=1S/C15H17ClN2O/c1-10-7-13(4-5-14(10)16)19-15-6-3-12(9-18-15)8-11(2)17/h3-7,9,11H,8,17H2,1-2H3. The number of aryl methyl sites for hydroxylation is 1. The summed E-state index contributed by atoms with van der Waals surface area (Å²) >= 11 is 5.97. The Balaban J connectivity index is 2.08. The monoisotopic (exact) mass is 276 g/mol. The van der Waals surface area contributed by atoms with Crippen LogP contribution in [0.25, 0.3) is 0 Å². The van der Waals surface area contributed by atoms with Crippen LogP contribution >= 0.6 is 11.6 Å². The highest BCUT2D eigenvalue weighted by molar-refractivity contribution is 6.31. The molecule has 0 saturated heterocycles. The van der Waals surface area contributed by atoms with Crippen molar-refractivity contribution in [3.8, 4) is 11.6 Å². The summed E-state index contributed by atoms with van der Waals surface area (Å²) < 4.78 is 5.67. The van der Waals surface area contributed by atoms with Gasteiger partial charge in [-0.25, -0.2) is 4.98 Å². The van der Waals surface area contributed by atoms with Gasteiger partial charge in [-0.15, -0.1) is 0 Å². The highest BCUT2D eigenvalue weighted by Gasteiger charge is 2.03. The molecule has 4 heteroatoms. The second kappa shape index (κ2) is 6.04. The van der Waals surface area contributed by atoms with E-state index in [9.17, 15) is 0 Å². The van der Waals surface area contributed by atoms with Crippen LogP contribution in [-0.2, 0) is 6.42 Å². The molecule has 0 radical (unpaired) electrons. The van der Waals surface area contributed by atoms with Crippen molar-refractivity contribution in [1.82, 2.24) is 4.98 Å². The van der Waals surface area contributed by atoms with Crippen molar-refractivity contribution in [1.29, 1.82) is 0 Å². The number of rotatable bonds is 4. The van der Waals surface area contributed by atoms with Gasteiger partial charge >= 0.3 is 0 Å². The molecule has 0 amide bonds. The Morgan fingerprint density at radius 1 is 1.32 bits per heavy atom. The molecule has 0 bridgehead atoms. The average Bonchev–Trinajstić information content (AvgIpc) is 2.36. The number of nitrogens with two attached hydrogens (primary N) is 1.